The number of carbonyl (C=O) groups is 1. The molecule has 0 radical (unpaired) electrons. The highest BCUT2D eigenvalue weighted by atomic mass is 35.5. The largest absolute Gasteiger partial charge is 0.322 e. The smallest absolute Gasteiger partial charge is 0.315 e. The van der Waals surface area contributed by atoms with Crippen molar-refractivity contribution in [3.05, 3.63) is 70.0 Å². The van der Waals surface area contributed by atoms with Crippen molar-refractivity contribution in [2.24, 2.45) is 0 Å². The SMILES string of the molecule is O=C(Nc1ccccc1Cl)N1CCC[C@H]1c1nc(-c2ccccc2)cs1. The number of amides is 2. The van der Waals surface area contributed by atoms with Gasteiger partial charge in [0, 0.05) is 17.5 Å². The van der Waals surface area contributed by atoms with Crippen molar-refractivity contribution >= 4 is 34.7 Å². The first-order valence-corrected chi connectivity index (χ1v) is 9.81. The monoisotopic (exact) mass is 383 g/mol. The molecule has 1 fully saturated rings. The van der Waals surface area contributed by atoms with Gasteiger partial charge < -0.3 is 10.2 Å². The van der Waals surface area contributed by atoms with Gasteiger partial charge in [0.15, 0.2) is 0 Å². The molecule has 6 heteroatoms. The molecule has 2 heterocycles. The van der Waals surface area contributed by atoms with Gasteiger partial charge >= 0.3 is 6.03 Å². The summed E-state index contributed by atoms with van der Waals surface area (Å²) in [5, 5.41) is 6.51. The van der Waals surface area contributed by atoms with Crippen LogP contribution in [-0.4, -0.2) is 22.5 Å². The van der Waals surface area contributed by atoms with Gasteiger partial charge in [-0.2, -0.15) is 0 Å². The lowest BCUT2D eigenvalue weighted by atomic mass is 10.2. The number of nitrogens with one attached hydrogen (secondary N) is 1. The minimum atomic E-state index is -0.128. The van der Waals surface area contributed by atoms with E-state index in [1.807, 2.05) is 41.3 Å². The van der Waals surface area contributed by atoms with Crippen molar-refractivity contribution in [1.82, 2.24) is 9.88 Å². The van der Waals surface area contributed by atoms with Crippen LogP contribution in [0.1, 0.15) is 23.9 Å². The number of urea groups is 1. The van der Waals surface area contributed by atoms with Crippen molar-refractivity contribution in [2.45, 2.75) is 18.9 Å². The zero-order chi connectivity index (χ0) is 17.9. The van der Waals surface area contributed by atoms with Gasteiger partial charge in [0.05, 0.1) is 22.4 Å². The second-order valence-corrected chi connectivity index (χ2v) is 7.50. The van der Waals surface area contributed by atoms with Crippen LogP contribution in [0.15, 0.2) is 60.0 Å². The van der Waals surface area contributed by atoms with Crippen molar-refractivity contribution in [1.29, 1.82) is 0 Å². The summed E-state index contributed by atoms with van der Waals surface area (Å²) < 4.78 is 0. The van der Waals surface area contributed by atoms with Crippen LogP contribution in [-0.2, 0) is 0 Å². The Kier molecular flexibility index (Phi) is 4.91. The first-order chi connectivity index (χ1) is 12.7. The third-order valence-corrected chi connectivity index (χ3v) is 5.78. The topological polar surface area (TPSA) is 45.2 Å². The summed E-state index contributed by atoms with van der Waals surface area (Å²) in [6, 6.07) is 17.3. The fourth-order valence-corrected chi connectivity index (χ4v) is 4.36. The van der Waals surface area contributed by atoms with Crippen LogP contribution in [0.25, 0.3) is 11.3 Å². The third-order valence-electron chi connectivity index (χ3n) is 4.51. The molecule has 4 rings (SSSR count). The number of halogens is 1. The number of benzene rings is 2. The van der Waals surface area contributed by atoms with Crippen LogP contribution < -0.4 is 5.32 Å². The molecular formula is C20H18ClN3OS. The Morgan fingerprint density at radius 2 is 1.92 bits per heavy atom. The lowest BCUT2D eigenvalue weighted by molar-refractivity contribution is 0.207. The second-order valence-electron chi connectivity index (χ2n) is 6.20. The molecule has 1 aliphatic heterocycles. The number of carbonyl (C=O) groups excluding carboxylic acids is 1. The van der Waals surface area contributed by atoms with Gasteiger partial charge in [-0.1, -0.05) is 54.1 Å². The maximum atomic E-state index is 12.8. The van der Waals surface area contributed by atoms with Crippen molar-refractivity contribution in [3.63, 3.8) is 0 Å². The molecule has 1 aliphatic rings. The Balaban J connectivity index is 1.53. The molecule has 0 spiro atoms. The fraction of sp³-hybridized carbons (Fsp3) is 0.200. The summed E-state index contributed by atoms with van der Waals surface area (Å²) in [4.78, 5) is 19.4. The first-order valence-electron chi connectivity index (χ1n) is 8.55. The molecule has 2 aromatic carbocycles. The molecule has 132 valence electrons. The van der Waals surface area contributed by atoms with Gasteiger partial charge in [0.1, 0.15) is 5.01 Å². The van der Waals surface area contributed by atoms with E-state index in [0.29, 0.717) is 10.7 Å². The molecule has 0 unspecified atom stereocenters. The standard InChI is InChI=1S/C20H18ClN3OS/c21-15-9-4-5-10-16(15)23-20(25)24-12-6-11-18(24)19-22-17(13-26-19)14-7-2-1-3-8-14/h1-5,7-10,13,18H,6,11-12H2,(H,23,25)/t18-/m0/s1. The Labute approximate surface area is 161 Å². The fourth-order valence-electron chi connectivity index (χ4n) is 3.20. The van der Waals surface area contributed by atoms with E-state index in [2.05, 4.69) is 22.8 Å². The lowest BCUT2D eigenvalue weighted by Crippen LogP contribution is -2.34. The van der Waals surface area contributed by atoms with Gasteiger partial charge in [-0.15, -0.1) is 11.3 Å². The van der Waals surface area contributed by atoms with Gasteiger partial charge in [-0.3, -0.25) is 0 Å². The molecule has 3 aromatic rings. The summed E-state index contributed by atoms with van der Waals surface area (Å²) >= 11 is 7.77. The maximum Gasteiger partial charge on any atom is 0.322 e. The van der Waals surface area contributed by atoms with Crippen LogP contribution in [0.2, 0.25) is 5.02 Å². The summed E-state index contributed by atoms with van der Waals surface area (Å²) in [6.45, 7) is 0.723. The molecule has 26 heavy (non-hydrogen) atoms. The highest BCUT2D eigenvalue weighted by Crippen LogP contribution is 2.36. The summed E-state index contributed by atoms with van der Waals surface area (Å²) in [5.41, 5.74) is 2.69. The minimum absolute atomic E-state index is 0.0138. The lowest BCUT2D eigenvalue weighted by Gasteiger charge is -2.23. The average Bonchev–Trinajstić information content (AvgIpc) is 3.33. The number of rotatable bonds is 3. The number of thiazole rings is 1. The van der Waals surface area contributed by atoms with E-state index in [1.165, 1.54) is 0 Å². The number of hydrogen-bond acceptors (Lipinski definition) is 3. The van der Waals surface area contributed by atoms with E-state index in [4.69, 9.17) is 16.6 Å². The molecule has 1 N–H and O–H groups in total. The van der Waals surface area contributed by atoms with Crippen LogP contribution in [0.3, 0.4) is 0 Å². The van der Waals surface area contributed by atoms with E-state index >= 15 is 0 Å². The molecule has 1 atom stereocenters. The molecule has 4 nitrogen and oxygen atoms in total. The number of likely N-dealkylation sites (tertiary alicyclic amines) is 1. The Hall–Kier alpha value is -2.37. The predicted octanol–water partition coefficient (Wildman–Crippen LogP) is 5.83. The molecule has 0 bridgehead atoms. The highest BCUT2D eigenvalue weighted by Gasteiger charge is 2.32. The van der Waals surface area contributed by atoms with Crippen molar-refractivity contribution in [3.8, 4) is 11.3 Å². The van der Waals surface area contributed by atoms with E-state index in [1.54, 1.807) is 17.4 Å². The average molecular weight is 384 g/mol. The number of anilines is 1. The molecule has 1 saturated heterocycles. The van der Waals surface area contributed by atoms with Gasteiger partial charge in [-0.25, -0.2) is 9.78 Å². The molecule has 2 amide bonds. The Bertz CT molecular complexity index is 912. The second kappa shape index (κ2) is 7.48. The first kappa shape index (κ1) is 17.1. The van der Waals surface area contributed by atoms with E-state index in [-0.39, 0.29) is 12.1 Å². The van der Waals surface area contributed by atoms with E-state index in [9.17, 15) is 4.79 Å². The summed E-state index contributed by atoms with van der Waals surface area (Å²) in [7, 11) is 0. The Morgan fingerprint density at radius 1 is 1.15 bits per heavy atom. The number of nitrogens with zero attached hydrogens (tertiary/aromatic N) is 2. The van der Waals surface area contributed by atoms with Crippen LogP contribution in [0.5, 0.6) is 0 Å². The summed E-state index contributed by atoms with van der Waals surface area (Å²) in [6.07, 6.45) is 1.90. The van der Waals surface area contributed by atoms with Gasteiger partial charge in [-0.05, 0) is 25.0 Å². The molecule has 0 saturated carbocycles. The van der Waals surface area contributed by atoms with Crippen molar-refractivity contribution in [2.75, 3.05) is 11.9 Å². The maximum absolute atomic E-state index is 12.8. The van der Waals surface area contributed by atoms with Crippen LogP contribution in [0.4, 0.5) is 10.5 Å². The molecule has 1 aromatic heterocycles. The Morgan fingerprint density at radius 3 is 2.73 bits per heavy atom. The zero-order valence-corrected chi connectivity index (χ0v) is 15.6. The molecular weight excluding hydrogens is 366 g/mol. The van der Waals surface area contributed by atoms with E-state index in [0.717, 1.165) is 35.7 Å². The van der Waals surface area contributed by atoms with Crippen LogP contribution in [0, 0.1) is 0 Å². The van der Waals surface area contributed by atoms with Gasteiger partial charge in [0.2, 0.25) is 0 Å². The number of aromatic nitrogens is 1. The summed E-state index contributed by atoms with van der Waals surface area (Å²) in [5.74, 6) is 0. The van der Waals surface area contributed by atoms with Crippen molar-refractivity contribution < 1.29 is 4.79 Å². The van der Waals surface area contributed by atoms with Crippen LogP contribution >= 0.6 is 22.9 Å². The normalized spacial score (nSPS) is 16.7. The molecule has 0 aliphatic carbocycles. The highest BCUT2D eigenvalue weighted by molar-refractivity contribution is 7.10. The predicted molar refractivity (Wildman–Crippen MR) is 107 cm³/mol. The minimum Gasteiger partial charge on any atom is -0.315 e. The zero-order valence-electron chi connectivity index (χ0n) is 14.1. The third kappa shape index (κ3) is 3.45. The quantitative estimate of drug-likeness (QED) is 0.618. The number of para-hydroxylation sites is 1. The van der Waals surface area contributed by atoms with Gasteiger partial charge in [0.25, 0.3) is 0 Å². The van der Waals surface area contributed by atoms with E-state index < -0.39 is 0 Å². The number of hydrogen-bond donors (Lipinski definition) is 1.